The molecule has 4 heteroatoms. The summed E-state index contributed by atoms with van der Waals surface area (Å²) >= 11 is 0. The van der Waals surface area contributed by atoms with Crippen molar-refractivity contribution in [3.05, 3.63) is 24.3 Å². The minimum Gasteiger partial charge on any atom is -0.310 e. The van der Waals surface area contributed by atoms with E-state index in [-0.39, 0.29) is 0 Å². The molecule has 0 unspecified atom stereocenters. The Labute approximate surface area is 98.1 Å². The van der Waals surface area contributed by atoms with E-state index in [1.54, 1.807) is 12.4 Å². The van der Waals surface area contributed by atoms with Crippen LogP contribution in [0.15, 0.2) is 18.5 Å². The second-order valence-electron chi connectivity index (χ2n) is 4.27. The normalized spacial score (nSPS) is 11.3. The summed E-state index contributed by atoms with van der Waals surface area (Å²) in [6.45, 7) is 7.32. The summed E-state index contributed by atoms with van der Waals surface area (Å²) in [6.07, 6.45) is 4.70. The molecule has 0 radical (unpaired) electrons. The van der Waals surface area contributed by atoms with Crippen LogP contribution in [0.1, 0.15) is 26.1 Å². The van der Waals surface area contributed by atoms with Crippen molar-refractivity contribution in [2.75, 3.05) is 20.1 Å². The van der Waals surface area contributed by atoms with Crippen LogP contribution >= 0.6 is 0 Å². The lowest BCUT2D eigenvalue weighted by atomic mass is 10.3. The van der Waals surface area contributed by atoms with E-state index in [1.165, 1.54) is 0 Å². The van der Waals surface area contributed by atoms with Crippen LogP contribution in [0.5, 0.6) is 0 Å². The number of hydrogen-bond donors (Lipinski definition) is 1. The standard InChI is InChI=1S/C12H22N4/c1-11(2)16(3)9-5-6-13-10-12-14-7-4-8-15-12/h4,7-8,11,13H,5-6,9-10H2,1-3H3. The molecule has 90 valence electrons. The van der Waals surface area contributed by atoms with Gasteiger partial charge in [-0.25, -0.2) is 9.97 Å². The van der Waals surface area contributed by atoms with Gasteiger partial charge in [0.1, 0.15) is 5.82 Å². The van der Waals surface area contributed by atoms with Gasteiger partial charge in [0, 0.05) is 18.4 Å². The highest BCUT2D eigenvalue weighted by molar-refractivity contribution is 4.87. The smallest absolute Gasteiger partial charge is 0.141 e. The zero-order valence-corrected chi connectivity index (χ0v) is 10.5. The van der Waals surface area contributed by atoms with Crippen molar-refractivity contribution < 1.29 is 0 Å². The Hall–Kier alpha value is -1.00. The van der Waals surface area contributed by atoms with Gasteiger partial charge in [-0.1, -0.05) is 0 Å². The van der Waals surface area contributed by atoms with Gasteiger partial charge in [0.15, 0.2) is 0 Å². The highest BCUT2D eigenvalue weighted by Gasteiger charge is 2.01. The Morgan fingerprint density at radius 1 is 1.31 bits per heavy atom. The number of hydrogen-bond acceptors (Lipinski definition) is 4. The number of nitrogens with zero attached hydrogens (tertiary/aromatic N) is 3. The molecule has 1 heterocycles. The van der Waals surface area contributed by atoms with Crippen LogP contribution in [-0.2, 0) is 6.54 Å². The summed E-state index contributed by atoms with van der Waals surface area (Å²) in [7, 11) is 2.16. The SMILES string of the molecule is CC(C)N(C)CCCNCc1ncccn1. The summed E-state index contributed by atoms with van der Waals surface area (Å²) in [5.74, 6) is 0.861. The lowest BCUT2D eigenvalue weighted by Gasteiger charge is -2.20. The zero-order chi connectivity index (χ0) is 11.8. The van der Waals surface area contributed by atoms with Crippen LogP contribution in [0.4, 0.5) is 0 Å². The van der Waals surface area contributed by atoms with E-state index >= 15 is 0 Å². The molecule has 16 heavy (non-hydrogen) atoms. The highest BCUT2D eigenvalue weighted by atomic mass is 15.1. The topological polar surface area (TPSA) is 41.0 Å². The Kier molecular flexibility index (Phi) is 5.96. The van der Waals surface area contributed by atoms with E-state index in [9.17, 15) is 0 Å². The van der Waals surface area contributed by atoms with Crippen LogP contribution in [0.2, 0.25) is 0 Å². The van der Waals surface area contributed by atoms with E-state index in [1.807, 2.05) is 6.07 Å². The molecule has 0 aromatic carbocycles. The van der Waals surface area contributed by atoms with E-state index in [0.717, 1.165) is 31.9 Å². The highest BCUT2D eigenvalue weighted by Crippen LogP contribution is 1.94. The van der Waals surface area contributed by atoms with Gasteiger partial charge in [-0.3, -0.25) is 0 Å². The lowest BCUT2D eigenvalue weighted by molar-refractivity contribution is 0.269. The van der Waals surface area contributed by atoms with Crippen molar-refractivity contribution in [1.29, 1.82) is 0 Å². The van der Waals surface area contributed by atoms with E-state index in [4.69, 9.17) is 0 Å². The number of nitrogens with one attached hydrogen (secondary N) is 1. The fourth-order valence-corrected chi connectivity index (χ4v) is 1.33. The third kappa shape index (κ3) is 5.19. The molecule has 1 rings (SSSR count). The largest absolute Gasteiger partial charge is 0.310 e. The minimum atomic E-state index is 0.623. The summed E-state index contributed by atoms with van der Waals surface area (Å²) in [6, 6.07) is 2.46. The monoisotopic (exact) mass is 222 g/mol. The fraction of sp³-hybridized carbons (Fsp3) is 0.667. The van der Waals surface area contributed by atoms with Gasteiger partial charge in [-0.2, -0.15) is 0 Å². The summed E-state index contributed by atoms with van der Waals surface area (Å²) in [5.41, 5.74) is 0. The van der Waals surface area contributed by atoms with E-state index in [2.05, 4.69) is 41.1 Å². The third-order valence-corrected chi connectivity index (χ3v) is 2.65. The molecule has 0 amide bonds. The first-order chi connectivity index (χ1) is 7.70. The maximum Gasteiger partial charge on any atom is 0.141 e. The molecule has 0 aliphatic rings. The minimum absolute atomic E-state index is 0.623. The first-order valence-electron chi connectivity index (χ1n) is 5.87. The Morgan fingerprint density at radius 3 is 2.62 bits per heavy atom. The fourth-order valence-electron chi connectivity index (χ4n) is 1.33. The van der Waals surface area contributed by atoms with Gasteiger partial charge < -0.3 is 10.2 Å². The summed E-state index contributed by atoms with van der Waals surface area (Å²) in [5, 5.41) is 3.34. The first-order valence-corrected chi connectivity index (χ1v) is 5.87. The number of rotatable bonds is 7. The molecule has 0 spiro atoms. The van der Waals surface area contributed by atoms with Gasteiger partial charge in [-0.15, -0.1) is 0 Å². The average Bonchev–Trinajstić information content (AvgIpc) is 2.29. The Morgan fingerprint density at radius 2 is 2.00 bits per heavy atom. The average molecular weight is 222 g/mol. The molecule has 0 bridgehead atoms. The molecule has 0 saturated heterocycles. The van der Waals surface area contributed by atoms with Gasteiger partial charge >= 0.3 is 0 Å². The molecule has 0 saturated carbocycles. The van der Waals surface area contributed by atoms with E-state index in [0.29, 0.717) is 6.04 Å². The molecular formula is C12H22N4. The van der Waals surface area contributed by atoms with Gasteiger partial charge in [0.25, 0.3) is 0 Å². The van der Waals surface area contributed by atoms with Crippen molar-refractivity contribution in [3.8, 4) is 0 Å². The van der Waals surface area contributed by atoms with E-state index < -0.39 is 0 Å². The lowest BCUT2D eigenvalue weighted by Crippen LogP contribution is -2.29. The third-order valence-electron chi connectivity index (χ3n) is 2.65. The maximum atomic E-state index is 4.16. The molecule has 0 aliphatic heterocycles. The maximum absolute atomic E-state index is 4.16. The van der Waals surface area contributed by atoms with Crippen molar-refractivity contribution in [2.24, 2.45) is 0 Å². The van der Waals surface area contributed by atoms with Crippen molar-refractivity contribution in [2.45, 2.75) is 32.9 Å². The van der Waals surface area contributed by atoms with Gasteiger partial charge in [0.2, 0.25) is 0 Å². The molecular weight excluding hydrogens is 200 g/mol. The van der Waals surface area contributed by atoms with Crippen LogP contribution in [0.25, 0.3) is 0 Å². The van der Waals surface area contributed by atoms with Gasteiger partial charge in [0.05, 0.1) is 6.54 Å². The predicted octanol–water partition coefficient (Wildman–Crippen LogP) is 1.30. The molecule has 1 aromatic heterocycles. The van der Waals surface area contributed by atoms with Crippen molar-refractivity contribution in [1.82, 2.24) is 20.2 Å². The molecule has 1 N–H and O–H groups in total. The molecule has 0 aliphatic carbocycles. The Bertz CT molecular complexity index is 274. The second-order valence-corrected chi connectivity index (χ2v) is 4.27. The van der Waals surface area contributed by atoms with Crippen LogP contribution in [0.3, 0.4) is 0 Å². The number of aromatic nitrogens is 2. The molecule has 1 aromatic rings. The van der Waals surface area contributed by atoms with Crippen molar-refractivity contribution in [3.63, 3.8) is 0 Å². The predicted molar refractivity (Wildman–Crippen MR) is 66.1 cm³/mol. The van der Waals surface area contributed by atoms with Crippen LogP contribution < -0.4 is 5.32 Å². The molecule has 4 nitrogen and oxygen atoms in total. The van der Waals surface area contributed by atoms with Crippen LogP contribution in [0, 0.1) is 0 Å². The van der Waals surface area contributed by atoms with Gasteiger partial charge in [-0.05, 0) is 46.5 Å². The summed E-state index contributed by atoms with van der Waals surface area (Å²) in [4.78, 5) is 10.7. The summed E-state index contributed by atoms with van der Waals surface area (Å²) < 4.78 is 0. The first kappa shape index (κ1) is 13.1. The molecule has 0 atom stereocenters. The second kappa shape index (κ2) is 7.30. The quantitative estimate of drug-likeness (QED) is 0.706. The van der Waals surface area contributed by atoms with Crippen LogP contribution in [-0.4, -0.2) is 41.0 Å². The molecule has 0 fully saturated rings. The Balaban J connectivity index is 2.04. The van der Waals surface area contributed by atoms with Crippen molar-refractivity contribution >= 4 is 0 Å². The zero-order valence-electron chi connectivity index (χ0n) is 10.5.